The molecule has 0 unspecified atom stereocenters. The largest absolute Gasteiger partial charge is 0.377 e. The van der Waals surface area contributed by atoms with Crippen LogP contribution in [0.2, 0.25) is 0 Å². The van der Waals surface area contributed by atoms with Crippen LogP contribution in [-0.4, -0.2) is 29.7 Å². The van der Waals surface area contributed by atoms with Gasteiger partial charge in [-0.1, -0.05) is 31.4 Å². The number of fused-ring (bicyclic) bond motifs is 5. The van der Waals surface area contributed by atoms with Crippen molar-refractivity contribution in [3.8, 4) is 12.3 Å². The van der Waals surface area contributed by atoms with Gasteiger partial charge in [0.05, 0.1) is 0 Å². The number of allylic oxidation sites excluding steroid dienone is 1. The van der Waals surface area contributed by atoms with Gasteiger partial charge in [-0.05, 0) is 61.7 Å². The zero-order valence-corrected chi connectivity index (χ0v) is 17.0. The highest BCUT2D eigenvalue weighted by Gasteiger charge is 2.64. The van der Waals surface area contributed by atoms with Gasteiger partial charge in [0.2, 0.25) is 5.79 Å². The van der Waals surface area contributed by atoms with Crippen molar-refractivity contribution < 1.29 is 24.7 Å². The molecule has 1 N–H and O–H groups in total. The first-order valence-electron chi connectivity index (χ1n) is 10.9. The molecule has 1 saturated heterocycles. The quantitative estimate of drug-likeness (QED) is 0.387. The third kappa shape index (κ3) is 2.45. The van der Waals surface area contributed by atoms with Gasteiger partial charge in [0.1, 0.15) is 18.8 Å². The van der Waals surface area contributed by atoms with Crippen molar-refractivity contribution in [2.24, 2.45) is 28.6 Å². The molecular weight excluding hydrogens is 356 g/mol. The monoisotopic (exact) mass is 388 g/mol. The van der Waals surface area contributed by atoms with E-state index >= 15 is 0 Å². The number of hydrogen-bond acceptors (Lipinski definition) is 5. The van der Waals surface area contributed by atoms with E-state index in [2.05, 4.69) is 25.8 Å². The van der Waals surface area contributed by atoms with Crippen LogP contribution in [0.4, 0.5) is 0 Å². The fraction of sp³-hybridized carbons (Fsp3) is 0.826. The highest BCUT2D eigenvalue weighted by molar-refractivity contribution is 5.29. The summed E-state index contributed by atoms with van der Waals surface area (Å²) in [6, 6.07) is 0. The van der Waals surface area contributed by atoms with Crippen molar-refractivity contribution in [3.63, 3.8) is 0 Å². The van der Waals surface area contributed by atoms with Gasteiger partial charge in [-0.2, -0.15) is 9.78 Å². The average Bonchev–Trinajstić information content (AvgIpc) is 2.83. The summed E-state index contributed by atoms with van der Waals surface area (Å²) < 4.78 is 0. The van der Waals surface area contributed by atoms with Crippen LogP contribution in [-0.2, 0) is 19.6 Å². The van der Waals surface area contributed by atoms with E-state index < -0.39 is 11.4 Å². The van der Waals surface area contributed by atoms with Crippen LogP contribution in [0.3, 0.4) is 0 Å². The second kappa shape index (κ2) is 6.30. The number of rotatable bonds is 0. The zero-order chi connectivity index (χ0) is 19.6. The Bertz CT molecular complexity index is 717. The molecule has 5 heteroatoms. The fourth-order valence-corrected chi connectivity index (χ4v) is 7.38. The van der Waals surface area contributed by atoms with Crippen molar-refractivity contribution in [1.29, 1.82) is 0 Å². The Morgan fingerprint density at radius 3 is 2.46 bits per heavy atom. The maximum absolute atomic E-state index is 11.1. The Kier molecular flexibility index (Phi) is 4.29. The average molecular weight is 389 g/mol. The molecule has 0 aromatic heterocycles. The smallest absolute Gasteiger partial charge is 0.237 e. The lowest BCUT2D eigenvalue weighted by molar-refractivity contribution is -0.484. The first-order chi connectivity index (χ1) is 13.4. The maximum atomic E-state index is 11.1. The summed E-state index contributed by atoms with van der Waals surface area (Å²) in [4.78, 5) is 21.9. The maximum Gasteiger partial charge on any atom is 0.237 e. The van der Waals surface area contributed by atoms with Gasteiger partial charge in [0.15, 0.2) is 0 Å². The van der Waals surface area contributed by atoms with Crippen LogP contribution in [0.15, 0.2) is 11.6 Å². The first kappa shape index (κ1) is 19.1. The van der Waals surface area contributed by atoms with Crippen LogP contribution in [0.5, 0.6) is 0 Å². The molecular formula is C23H32O5. The molecule has 6 atom stereocenters. The van der Waals surface area contributed by atoms with Gasteiger partial charge >= 0.3 is 0 Å². The van der Waals surface area contributed by atoms with Crippen LogP contribution < -0.4 is 0 Å². The molecule has 154 valence electrons. The molecule has 3 saturated carbocycles. The van der Waals surface area contributed by atoms with Crippen LogP contribution in [0, 0.1) is 40.9 Å². The Morgan fingerprint density at radius 1 is 1.04 bits per heavy atom. The lowest BCUT2D eigenvalue weighted by Crippen LogP contribution is -2.55. The SMILES string of the molecule is C#C[C@]1(O)CC[C@H]2[C@@H]3CC=C4CC5(CC[C@]4(C)[C@H]3CC[C@@]21C)OOCCOO5. The van der Waals surface area contributed by atoms with Crippen LogP contribution >= 0.6 is 0 Å². The Balaban J connectivity index is 1.44. The molecule has 4 fully saturated rings. The Hall–Kier alpha value is -0.900. The van der Waals surface area contributed by atoms with Crippen molar-refractivity contribution in [2.75, 3.05) is 13.2 Å². The van der Waals surface area contributed by atoms with Crippen molar-refractivity contribution in [3.05, 3.63) is 11.6 Å². The van der Waals surface area contributed by atoms with Crippen LogP contribution in [0.25, 0.3) is 0 Å². The van der Waals surface area contributed by atoms with Crippen molar-refractivity contribution >= 4 is 0 Å². The van der Waals surface area contributed by atoms with E-state index in [1.54, 1.807) is 0 Å². The van der Waals surface area contributed by atoms with E-state index in [-0.39, 0.29) is 10.8 Å². The fourth-order valence-electron chi connectivity index (χ4n) is 7.38. The Labute approximate surface area is 167 Å². The molecule has 1 aliphatic heterocycles. The van der Waals surface area contributed by atoms with Crippen molar-refractivity contribution in [1.82, 2.24) is 0 Å². The topological polar surface area (TPSA) is 57.2 Å². The lowest BCUT2D eigenvalue weighted by Gasteiger charge is -2.59. The molecule has 1 heterocycles. The second-order valence-corrected chi connectivity index (χ2v) is 10.2. The summed E-state index contributed by atoms with van der Waals surface area (Å²) >= 11 is 0. The highest BCUT2D eigenvalue weighted by atomic mass is 17.3. The van der Waals surface area contributed by atoms with Gasteiger partial charge in [0.25, 0.3) is 0 Å². The minimum Gasteiger partial charge on any atom is -0.377 e. The van der Waals surface area contributed by atoms with Crippen LogP contribution in [0.1, 0.15) is 65.2 Å². The predicted octanol–water partition coefficient (Wildman–Crippen LogP) is 3.92. The number of hydrogen-bond donors (Lipinski definition) is 1. The van der Waals surface area contributed by atoms with Gasteiger partial charge in [-0.25, -0.2) is 9.78 Å². The van der Waals surface area contributed by atoms with E-state index in [0.717, 1.165) is 44.9 Å². The molecule has 1 spiro atoms. The molecule has 0 radical (unpaired) electrons. The minimum absolute atomic E-state index is 0.144. The summed E-state index contributed by atoms with van der Waals surface area (Å²) in [5, 5.41) is 11.1. The number of terminal acetylenes is 1. The molecule has 0 aromatic rings. The zero-order valence-electron chi connectivity index (χ0n) is 17.0. The normalized spacial score (nSPS) is 49.9. The van der Waals surface area contributed by atoms with E-state index in [0.29, 0.717) is 37.4 Å². The molecule has 5 rings (SSSR count). The summed E-state index contributed by atoms with van der Waals surface area (Å²) in [5.74, 6) is 3.66. The lowest BCUT2D eigenvalue weighted by atomic mass is 9.47. The highest BCUT2D eigenvalue weighted by Crippen LogP contribution is 2.67. The molecule has 4 aliphatic carbocycles. The Morgan fingerprint density at radius 2 is 1.75 bits per heavy atom. The van der Waals surface area contributed by atoms with Gasteiger partial charge < -0.3 is 5.11 Å². The third-order valence-electron chi connectivity index (χ3n) is 9.17. The molecule has 0 bridgehead atoms. The van der Waals surface area contributed by atoms with Gasteiger partial charge in [-0.15, -0.1) is 6.42 Å². The summed E-state index contributed by atoms with van der Waals surface area (Å²) in [6.07, 6.45) is 15.6. The van der Waals surface area contributed by atoms with E-state index in [9.17, 15) is 5.11 Å². The van der Waals surface area contributed by atoms with Gasteiger partial charge in [0, 0.05) is 18.3 Å². The summed E-state index contributed by atoms with van der Waals surface area (Å²) in [6.45, 7) is 5.44. The van der Waals surface area contributed by atoms with Crippen molar-refractivity contribution in [2.45, 2.75) is 76.6 Å². The predicted molar refractivity (Wildman–Crippen MR) is 102 cm³/mol. The molecule has 5 aliphatic rings. The first-order valence-corrected chi connectivity index (χ1v) is 10.9. The summed E-state index contributed by atoms with van der Waals surface area (Å²) in [7, 11) is 0. The van der Waals surface area contributed by atoms with Gasteiger partial charge in [-0.3, -0.25) is 0 Å². The molecule has 5 nitrogen and oxygen atoms in total. The second-order valence-electron chi connectivity index (χ2n) is 10.2. The van der Waals surface area contributed by atoms with E-state index in [1.165, 1.54) is 5.57 Å². The minimum atomic E-state index is -0.944. The molecule has 0 amide bonds. The van der Waals surface area contributed by atoms with E-state index in [1.807, 2.05) is 0 Å². The van der Waals surface area contributed by atoms with E-state index in [4.69, 9.17) is 26.0 Å². The molecule has 28 heavy (non-hydrogen) atoms. The summed E-state index contributed by atoms with van der Waals surface area (Å²) in [5.41, 5.74) is 0.463. The molecule has 0 aromatic carbocycles. The number of aliphatic hydroxyl groups is 1. The standard InChI is InChI=1S/C23H32O5/c1-4-22(24)10-8-19-17-6-5-16-15-23(27-25-13-14-26-28-23)12-11-20(16,2)18(17)7-9-21(19,22)3/h1,5,17-19,24H,6-15H2,2-3H3/t17-,18+,19+,20+,21+,22+/m1/s1. The third-order valence-corrected chi connectivity index (χ3v) is 9.17.